The van der Waals surface area contributed by atoms with Crippen LogP contribution in [-0.2, 0) is 17.9 Å². The van der Waals surface area contributed by atoms with Crippen LogP contribution in [0.3, 0.4) is 0 Å². The SMILES string of the molecule is COCc1cc(Cn2cc(Br)ccc2=O)no1. The minimum atomic E-state index is -0.0792. The van der Waals surface area contributed by atoms with Crippen molar-refractivity contribution in [3.8, 4) is 0 Å². The molecule has 0 saturated heterocycles. The predicted octanol–water partition coefficient (Wildman–Crippen LogP) is 1.79. The van der Waals surface area contributed by atoms with Crippen LogP contribution in [0.1, 0.15) is 11.5 Å². The van der Waals surface area contributed by atoms with E-state index in [1.807, 2.05) is 0 Å². The van der Waals surface area contributed by atoms with Crippen molar-refractivity contribution in [3.05, 3.63) is 50.7 Å². The monoisotopic (exact) mass is 298 g/mol. The molecule has 2 rings (SSSR count). The van der Waals surface area contributed by atoms with Gasteiger partial charge in [-0.15, -0.1) is 0 Å². The topological polar surface area (TPSA) is 57.3 Å². The van der Waals surface area contributed by atoms with Crippen LogP contribution in [0.4, 0.5) is 0 Å². The minimum absolute atomic E-state index is 0.0792. The zero-order valence-electron chi connectivity index (χ0n) is 9.22. The zero-order chi connectivity index (χ0) is 12.3. The van der Waals surface area contributed by atoms with Crippen LogP contribution < -0.4 is 5.56 Å². The van der Waals surface area contributed by atoms with E-state index in [1.165, 1.54) is 6.07 Å². The number of methoxy groups -OCH3 is 1. The van der Waals surface area contributed by atoms with Crippen LogP contribution in [0.25, 0.3) is 0 Å². The third-order valence-corrected chi connectivity index (χ3v) is 2.64. The van der Waals surface area contributed by atoms with Crippen LogP contribution in [0, 0.1) is 0 Å². The summed E-state index contributed by atoms with van der Waals surface area (Å²) >= 11 is 3.32. The van der Waals surface area contributed by atoms with Crippen molar-refractivity contribution in [1.29, 1.82) is 0 Å². The fourth-order valence-corrected chi connectivity index (χ4v) is 1.82. The largest absolute Gasteiger partial charge is 0.377 e. The Bertz CT molecular complexity index is 562. The molecule has 0 aliphatic rings. The summed E-state index contributed by atoms with van der Waals surface area (Å²) in [6, 6.07) is 4.98. The van der Waals surface area contributed by atoms with Gasteiger partial charge in [-0.1, -0.05) is 5.16 Å². The van der Waals surface area contributed by atoms with Crippen LogP contribution in [0.5, 0.6) is 0 Å². The molecule has 0 spiro atoms. The van der Waals surface area contributed by atoms with Crippen molar-refractivity contribution in [2.24, 2.45) is 0 Å². The Labute approximate surface area is 106 Å². The van der Waals surface area contributed by atoms with Crippen LogP contribution in [0.2, 0.25) is 0 Å². The average Bonchev–Trinajstić information content (AvgIpc) is 2.72. The number of hydrogen-bond donors (Lipinski definition) is 0. The van der Waals surface area contributed by atoms with Crippen LogP contribution in [0.15, 0.2) is 38.2 Å². The van der Waals surface area contributed by atoms with E-state index in [0.717, 1.165) is 4.47 Å². The lowest BCUT2D eigenvalue weighted by Gasteiger charge is -2.02. The van der Waals surface area contributed by atoms with Gasteiger partial charge < -0.3 is 13.8 Å². The standard InChI is InChI=1S/C11H11BrN2O3/c1-16-7-10-4-9(13-17-10)6-14-5-8(12)2-3-11(14)15/h2-5H,6-7H2,1H3. The van der Waals surface area contributed by atoms with Crippen molar-refractivity contribution < 1.29 is 9.26 Å². The fraction of sp³-hybridized carbons (Fsp3) is 0.273. The van der Waals surface area contributed by atoms with Gasteiger partial charge in [0, 0.05) is 29.9 Å². The molecule has 6 heteroatoms. The van der Waals surface area contributed by atoms with E-state index < -0.39 is 0 Å². The Kier molecular flexibility index (Phi) is 3.75. The Balaban J connectivity index is 2.19. The van der Waals surface area contributed by atoms with Crippen molar-refractivity contribution in [1.82, 2.24) is 9.72 Å². The lowest BCUT2D eigenvalue weighted by atomic mass is 10.3. The second kappa shape index (κ2) is 5.29. The smallest absolute Gasteiger partial charge is 0.250 e. The highest BCUT2D eigenvalue weighted by molar-refractivity contribution is 9.10. The predicted molar refractivity (Wildman–Crippen MR) is 64.7 cm³/mol. The lowest BCUT2D eigenvalue weighted by molar-refractivity contribution is 0.155. The molecule has 5 nitrogen and oxygen atoms in total. The first-order valence-corrected chi connectivity index (χ1v) is 5.78. The van der Waals surface area contributed by atoms with E-state index in [0.29, 0.717) is 24.6 Å². The van der Waals surface area contributed by atoms with E-state index in [1.54, 1.807) is 30.0 Å². The molecule has 0 bridgehead atoms. The Hall–Kier alpha value is -1.40. The first-order valence-electron chi connectivity index (χ1n) is 4.98. The number of halogens is 1. The molecule has 0 N–H and O–H groups in total. The molecule has 2 aromatic heterocycles. The Morgan fingerprint density at radius 2 is 2.35 bits per heavy atom. The molecule has 2 heterocycles. The molecule has 0 aliphatic carbocycles. The second-order valence-electron chi connectivity index (χ2n) is 3.53. The number of pyridine rings is 1. The summed E-state index contributed by atoms with van der Waals surface area (Å²) in [5.41, 5.74) is 0.613. The molecule has 0 aliphatic heterocycles. The van der Waals surface area contributed by atoms with Gasteiger partial charge >= 0.3 is 0 Å². The normalized spacial score (nSPS) is 10.7. The summed E-state index contributed by atoms with van der Waals surface area (Å²) in [5, 5.41) is 3.87. The highest BCUT2D eigenvalue weighted by Crippen LogP contribution is 2.08. The lowest BCUT2D eigenvalue weighted by Crippen LogP contribution is -2.18. The Morgan fingerprint density at radius 3 is 3.12 bits per heavy atom. The third kappa shape index (κ3) is 3.04. The van der Waals surface area contributed by atoms with E-state index in [2.05, 4.69) is 21.1 Å². The summed E-state index contributed by atoms with van der Waals surface area (Å²) in [4.78, 5) is 11.6. The van der Waals surface area contributed by atoms with Crippen molar-refractivity contribution in [3.63, 3.8) is 0 Å². The van der Waals surface area contributed by atoms with Gasteiger partial charge in [0.05, 0.1) is 6.54 Å². The molecule has 0 saturated carbocycles. The Morgan fingerprint density at radius 1 is 1.53 bits per heavy atom. The van der Waals surface area contributed by atoms with Crippen molar-refractivity contribution in [2.45, 2.75) is 13.2 Å². The molecule has 0 atom stereocenters. The van der Waals surface area contributed by atoms with Crippen LogP contribution >= 0.6 is 15.9 Å². The van der Waals surface area contributed by atoms with Gasteiger partial charge in [0.15, 0.2) is 5.76 Å². The molecule has 0 fully saturated rings. The third-order valence-electron chi connectivity index (χ3n) is 2.17. The van der Waals surface area contributed by atoms with E-state index in [-0.39, 0.29) is 5.56 Å². The van der Waals surface area contributed by atoms with Crippen molar-refractivity contribution in [2.75, 3.05) is 7.11 Å². The highest BCUT2D eigenvalue weighted by atomic mass is 79.9. The van der Waals surface area contributed by atoms with Crippen molar-refractivity contribution >= 4 is 15.9 Å². The molecule has 2 aromatic rings. The van der Waals surface area contributed by atoms with Gasteiger partial charge in [0.1, 0.15) is 12.3 Å². The molecule has 17 heavy (non-hydrogen) atoms. The fourth-order valence-electron chi connectivity index (χ4n) is 1.44. The number of rotatable bonds is 4. The van der Waals surface area contributed by atoms with Gasteiger partial charge in [-0.25, -0.2) is 0 Å². The maximum atomic E-state index is 11.6. The minimum Gasteiger partial charge on any atom is -0.377 e. The average molecular weight is 299 g/mol. The molecule has 90 valence electrons. The second-order valence-corrected chi connectivity index (χ2v) is 4.45. The summed E-state index contributed by atoms with van der Waals surface area (Å²) < 4.78 is 12.4. The number of ether oxygens (including phenoxy) is 1. The summed E-state index contributed by atoms with van der Waals surface area (Å²) in [6.07, 6.45) is 1.72. The zero-order valence-corrected chi connectivity index (χ0v) is 10.8. The summed E-state index contributed by atoms with van der Waals surface area (Å²) in [6.45, 7) is 0.756. The molecule has 0 aromatic carbocycles. The van der Waals surface area contributed by atoms with E-state index in [4.69, 9.17) is 9.26 Å². The first kappa shape index (κ1) is 12.1. The maximum Gasteiger partial charge on any atom is 0.250 e. The van der Waals surface area contributed by atoms with Gasteiger partial charge in [0.2, 0.25) is 0 Å². The van der Waals surface area contributed by atoms with Gasteiger partial charge in [-0.05, 0) is 22.0 Å². The van der Waals surface area contributed by atoms with Gasteiger partial charge in [-0.2, -0.15) is 0 Å². The quantitative estimate of drug-likeness (QED) is 0.863. The molecular weight excluding hydrogens is 288 g/mol. The first-order chi connectivity index (χ1) is 8.19. The maximum absolute atomic E-state index is 11.6. The summed E-state index contributed by atoms with van der Waals surface area (Å²) in [5.74, 6) is 0.644. The molecule has 0 radical (unpaired) electrons. The molecule has 0 amide bonds. The van der Waals surface area contributed by atoms with E-state index >= 15 is 0 Å². The van der Waals surface area contributed by atoms with Gasteiger partial charge in [0.25, 0.3) is 5.56 Å². The number of hydrogen-bond acceptors (Lipinski definition) is 4. The van der Waals surface area contributed by atoms with Gasteiger partial charge in [-0.3, -0.25) is 4.79 Å². The van der Waals surface area contributed by atoms with E-state index in [9.17, 15) is 4.79 Å². The van der Waals surface area contributed by atoms with Crippen LogP contribution in [-0.4, -0.2) is 16.8 Å². The number of aromatic nitrogens is 2. The molecular formula is C11H11BrN2O3. The number of nitrogens with zero attached hydrogens (tertiary/aromatic N) is 2. The molecule has 0 unspecified atom stereocenters. The highest BCUT2D eigenvalue weighted by Gasteiger charge is 2.05. The summed E-state index contributed by atoms with van der Waals surface area (Å²) in [7, 11) is 1.58.